The zero-order chi connectivity index (χ0) is 28.3. The van der Waals surface area contributed by atoms with Gasteiger partial charge in [0.05, 0.1) is 31.9 Å². The fourth-order valence-electron chi connectivity index (χ4n) is 2.61. The number of halogens is 3. The number of anilines is 3. The highest BCUT2D eigenvalue weighted by molar-refractivity contribution is 9.12. The van der Waals surface area contributed by atoms with E-state index in [4.69, 9.17) is 28.9 Å². The summed E-state index contributed by atoms with van der Waals surface area (Å²) in [4.78, 5) is 23.3. The van der Waals surface area contributed by atoms with E-state index < -0.39 is 58.6 Å². The van der Waals surface area contributed by atoms with Crippen molar-refractivity contribution in [2.45, 2.75) is 22.8 Å². The molecule has 1 unspecified atom stereocenters. The van der Waals surface area contributed by atoms with E-state index in [1.807, 2.05) is 0 Å². The summed E-state index contributed by atoms with van der Waals surface area (Å²) in [6.45, 7) is 4.78. The molecule has 13 nitrogen and oxygen atoms in total. The molecule has 0 saturated heterocycles. The molecule has 37 heavy (non-hydrogen) atoms. The van der Waals surface area contributed by atoms with Crippen molar-refractivity contribution in [2.75, 3.05) is 16.1 Å². The summed E-state index contributed by atoms with van der Waals surface area (Å²) < 4.78 is 65.0. The summed E-state index contributed by atoms with van der Waals surface area (Å²) in [5.41, 5.74) is 7.34. The minimum absolute atomic E-state index is 0.0156. The molecule has 0 aromatic heterocycles. The van der Waals surface area contributed by atoms with Crippen molar-refractivity contribution < 1.29 is 35.5 Å². The number of rotatable bonds is 9. The Morgan fingerprint density at radius 3 is 2.08 bits per heavy atom. The molecule has 18 heteroatoms. The molecule has 200 valence electrons. The molecule has 7 N–H and O–H groups in total. The first-order chi connectivity index (χ1) is 16.9. The van der Waals surface area contributed by atoms with Crippen molar-refractivity contribution in [3.63, 3.8) is 0 Å². The third-order valence-corrected chi connectivity index (χ3v) is 7.17. The molecular weight excluding hydrogens is 641 g/mol. The first-order valence-corrected chi connectivity index (χ1v) is 14.0. The van der Waals surface area contributed by atoms with Crippen molar-refractivity contribution in [3.05, 3.63) is 51.4 Å². The van der Waals surface area contributed by atoms with Crippen LogP contribution in [0.3, 0.4) is 0 Å². The lowest BCUT2D eigenvalue weighted by atomic mass is 10.2. The summed E-state index contributed by atoms with van der Waals surface area (Å²) in [6.07, 6.45) is 0. The number of nitrogens with one attached hydrogen (secondary N) is 3. The van der Waals surface area contributed by atoms with Crippen LogP contribution >= 0.6 is 39.1 Å². The minimum atomic E-state index is -4.76. The fourth-order valence-corrected chi connectivity index (χ4v) is 4.63. The van der Waals surface area contributed by atoms with Crippen molar-refractivity contribution in [3.8, 4) is 0 Å². The van der Waals surface area contributed by atoms with Gasteiger partial charge in [-0.1, -0.05) is 29.8 Å². The molecule has 0 radical (unpaired) electrons. The quantitative estimate of drug-likeness (QED) is 0.100. The molecule has 2 amide bonds. The molecule has 0 aliphatic heterocycles. The maximum Gasteiger partial charge on any atom is 0.296 e. The van der Waals surface area contributed by atoms with E-state index in [2.05, 4.69) is 43.7 Å². The van der Waals surface area contributed by atoms with E-state index in [1.54, 1.807) is 0 Å². The van der Waals surface area contributed by atoms with Crippen LogP contribution in [0.1, 0.15) is 6.92 Å². The number of hydrogen-bond acceptors (Lipinski definition) is 9. The number of benzene rings is 2. The Balaban J connectivity index is 2.44. The number of carbonyl (C=O) groups is 2. The number of nitrogens with two attached hydrogens (primary N) is 1. The number of nitrogens with zero attached hydrogens (tertiary/aromatic N) is 1. The van der Waals surface area contributed by atoms with Gasteiger partial charge in [0.25, 0.3) is 32.1 Å². The Morgan fingerprint density at radius 1 is 0.973 bits per heavy atom. The average Bonchev–Trinajstić information content (AvgIpc) is 2.74. The van der Waals surface area contributed by atoms with Gasteiger partial charge in [-0.25, -0.2) is 0 Å². The summed E-state index contributed by atoms with van der Waals surface area (Å²) in [7, 11) is -9.45. The van der Waals surface area contributed by atoms with Gasteiger partial charge in [-0.2, -0.15) is 21.9 Å². The van der Waals surface area contributed by atoms with Gasteiger partial charge in [-0.05, 0) is 53.2 Å². The number of amides is 2. The SMILES string of the molecule is C=C(Br)C(=O)Nc1ccc(S(=O)(=O)O)c(NN=C(C(=O)Nc2cc(Cl)c(S(=O)(=O)O)cc2Cl)C(C)N)c1. The van der Waals surface area contributed by atoms with E-state index in [-0.39, 0.29) is 26.6 Å². The van der Waals surface area contributed by atoms with Crippen LogP contribution < -0.4 is 21.8 Å². The van der Waals surface area contributed by atoms with Gasteiger partial charge in [0.15, 0.2) is 0 Å². The maximum absolute atomic E-state index is 12.8. The van der Waals surface area contributed by atoms with Gasteiger partial charge in [0.2, 0.25) is 0 Å². The van der Waals surface area contributed by atoms with Crippen LogP contribution in [0, 0.1) is 0 Å². The zero-order valence-electron chi connectivity index (χ0n) is 18.5. The standard InChI is InChI=1S/C19H18BrCl2N5O8S2/c1-8(20)18(28)24-10-3-4-15(36(30,31)32)14(5-10)26-27-17(9(2)23)19(29)25-13-6-12(22)16(7-11(13)21)37(33,34)35/h3-7,9,26H,1,23H2,2H3,(H,24,28)(H,25,29)(H,30,31,32)(H,33,34,35). The molecule has 0 spiro atoms. The van der Waals surface area contributed by atoms with Crippen LogP contribution in [0.15, 0.2) is 56.3 Å². The molecule has 0 saturated carbocycles. The molecule has 0 aliphatic carbocycles. The predicted octanol–water partition coefficient (Wildman–Crippen LogP) is 3.09. The average molecular weight is 659 g/mol. The lowest BCUT2D eigenvalue weighted by molar-refractivity contribution is -0.112. The van der Waals surface area contributed by atoms with Gasteiger partial charge < -0.3 is 16.4 Å². The Hall–Kier alpha value is -2.57. The maximum atomic E-state index is 12.8. The Bertz CT molecular complexity index is 1530. The highest BCUT2D eigenvalue weighted by Crippen LogP contribution is 2.32. The molecular formula is C19H18BrCl2N5O8S2. The minimum Gasteiger partial charge on any atom is -0.323 e. The molecule has 2 aromatic rings. The Kier molecular flexibility index (Phi) is 9.83. The second-order valence-electron chi connectivity index (χ2n) is 7.13. The van der Waals surface area contributed by atoms with Crippen LogP contribution in [-0.4, -0.2) is 49.5 Å². The Morgan fingerprint density at radius 2 is 1.57 bits per heavy atom. The van der Waals surface area contributed by atoms with Crippen LogP contribution in [0.25, 0.3) is 0 Å². The van der Waals surface area contributed by atoms with E-state index in [0.717, 1.165) is 24.3 Å². The summed E-state index contributed by atoms with van der Waals surface area (Å²) in [5, 5.41) is 7.82. The van der Waals surface area contributed by atoms with Gasteiger partial charge in [0, 0.05) is 5.69 Å². The number of hydrazone groups is 1. The van der Waals surface area contributed by atoms with E-state index in [1.165, 1.54) is 13.0 Å². The Labute approximate surface area is 229 Å². The number of carbonyl (C=O) groups excluding carboxylic acids is 2. The summed E-state index contributed by atoms with van der Waals surface area (Å²) in [6, 6.07) is 4.01. The number of hydrogen-bond donors (Lipinski definition) is 6. The highest BCUT2D eigenvalue weighted by atomic mass is 79.9. The zero-order valence-corrected chi connectivity index (χ0v) is 23.2. The molecule has 2 aromatic carbocycles. The second-order valence-corrected chi connectivity index (χ2v) is 11.7. The van der Waals surface area contributed by atoms with Crippen molar-refractivity contribution >= 4 is 94.0 Å². The third kappa shape index (κ3) is 8.21. The van der Waals surface area contributed by atoms with Crippen LogP contribution in [-0.2, 0) is 29.8 Å². The van der Waals surface area contributed by atoms with Crippen LogP contribution in [0.2, 0.25) is 10.0 Å². The first-order valence-electron chi connectivity index (χ1n) is 9.56. The molecule has 0 fully saturated rings. The largest absolute Gasteiger partial charge is 0.323 e. The first kappa shape index (κ1) is 30.7. The molecule has 0 heterocycles. The highest BCUT2D eigenvalue weighted by Gasteiger charge is 2.22. The monoisotopic (exact) mass is 657 g/mol. The van der Waals surface area contributed by atoms with E-state index >= 15 is 0 Å². The molecule has 0 bridgehead atoms. The predicted molar refractivity (Wildman–Crippen MR) is 143 cm³/mol. The molecule has 1 atom stereocenters. The van der Waals surface area contributed by atoms with E-state index in [0.29, 0.717) is 0 Å². The fraction of sp³-hybridized carbons (Fsp3) is 0.105. The van der Waals surface area contributed by atoms with E-state index in [9.17, 15) is 35.5 Å². The molecule has 2 rings (SSSR count). The van der Waals surface area contributed by atoms with Gasteiger partial charge in [0.1, 0.15) is 15.5 Å². The summed E-state index contributed by atoms with van der Waals surface area (Å²) in [5.74, 6) is -1.59. The lowest BCUT2D eigenvalue weighted by Crippen LogP contribution is -2.38. The second kappa shape index (κ2) is 11.9. The summed E-state index contributed by atoms with van der Waals surface area (Å²) >= 11 is 14.7. The normalized spacial score (nSPS) is 13.0. The smallest absolute Gasteiger partial charge is 0.296 e. The van der Waals surface area contributed by atoms with Gasteiger partial charge in [-0.3, -0.25) is 24.1 Å². The van der Waals surface area contributed by atoms with Crippen molar-refractivity contribution in [2.24, 2.45) is 10.8 Å². The van der Waals surface area contributed by atoms with Crippen molar-refractivity contribution in [1.29, 1.82) is 0 Å². The van der Waals surface area contributed by atoms with Crippen LogP contribution in [0.5, 0.6) is 0 Å². The van der Waals surface area contributed by atoms with Crippen LogP contribution in [0.4, 0.5) is 17.1 Å². The molecule has 0 aliphatic rings. The topological polar surface area (TPSA) is 217 Å². The van der Waals surface area contributed by atoms with Gasteiger partial charge >= 0.3 is 0 Å². The third-order valence-electron chi connectivity index (χ3n) is 4.27. The lowest BCUT2D eigenvalue weighted by Gasteiger charge is -2.15. The van der Waals surface area contributed by atoms with Crippen molar-refractivity contribution in [1.82, 2.24) is 0 Å². The van der Waals surface area contributed by atoms with Gasteiger partial charge in [-0.15, -0.1) is 0 Å².